The highest BCUT2D eigenvalue weighted by molar-refractivity contribution is 6.11. The van der Waals surface area contributed by atoms with Crippen LogP contribution < -0.4 is 0 Å². The van der Waals surface area contributed by atoms with Crippen molar-refractivity contribution >= 4 is 17.3 Å². The third kappa shape index (κ3) is 39.7. The van der Waals surface area contributed by atoms with Gasteiger partial charge in [-0.05, 0) is 70.6 Å². The van der Waals surface area contributed by atoms with Crippen LogP contribution >= 0.6 is 0 Å². The highest BCUT2D eigenvalue weighted by Crippen LogP contribution is 2.26. The molecular formula is C61H114O6. The molecule has 0 aliphatic carbocycles. The Labute approximate surface area is 416 Å². The predicted molar refractivity (Wildman–Crippen MR) is 289 cm³/mol. The number of carbonyl (C=O) groups excluding carboxylic acids is 3. The molecule has 3 atom stereocenters. The minimum atomic E-state index is -2.77. The molecule has 0 rings (SSSR count). The first-order valence-corrected chi connectivity index (χ1v) is 29.7. The van der Waals surface area contributed by atoms with Crippen molar-refractivity contribution in [2.45, 2.75) is 347 Å². The maximum Gasteiger partial charge on any atom is 0.210 e. The zero-order valence-electron chi connectivity index (χ0n) is 45.0. The van der Waals surface area contributed by atoms with E-state index < -0.39 is 35.2 Å². The molecule has 3 unspecified atom stereocenters. The van der Waals surface area contributed by atoms with Gasteiger partial charge in [-0.15, -0.1) is 0 Å². The highest BCUT2D eigenvalue weighted by Gasteiger charge is 2.52. The van der Waals surface area contributed by atoms with E-state index in [4.69, 9.17) is 0 Å². The maximum absolute atomic E-state index is 13.7. The van der Waals surface area contributed by atoms with Gasteiger partial charge in [0.1, 0.15) is 12.2 Å². The van der Waals surface area contributed by atoms with Crippen LogP contribution in [0.5, 0.6) is 0 Å². The molecule has 0 aromatic rings. The van der Waals surface area contributed by atoms with Gasteiger partial charge in [-0.2, -0.15) is 0 Å². The van der Waals surface area contributed by atoms with Crippen molar-refractivity contribution < 1.29 is 29.7 Å². The summed E-state index contributed by atoms with van der Waals surface area (Å²) >= 11 is 0. The quantitative estimate of drug-likeness (QED) is 0.0318. The van der Waals surface area contributed by atoms with E-state index in [9.17, 15) is 29.7 Å². The second kappa shape index (κ2) is 50.7. The number of ketones is 3. The number of hydrogen-bond acceptors (Lipinski definition) is 6. The Morgan fingerprint density at radius 1 is 0.328 bits per heavy atom. The molecule has 0 aromatic carbocycles. The van der Waals surface area contributed by atoms with Gasteiger partial charge in [-0.3, -0.25) is 14.4 Å². The molecule has 0 saturated carbocycles. The number of aliphatic hydroxyl groups excluding tert-OH is 2. The summed E-state index contributed by atoms with van der Waals surface area (Å²) in [4.78, 5) is 40.4. The van der Waals surface area contributed by atoms with Crippen LogP contribution in [-0.2, 0) is 14.4 Å². The second-order valence-corrected chi connectivity index (χ2v) is 20.8. The first kappa shape index (κ1) is 65.4. The largest absolute Gasteiger partial charge is 0.386 e. The minimum Gasteiger partial charge on any atom is -0.386 e. The summed E-state index contributed by atoms with van der Waals surface area (Å²) in [6.07, 6.45) is 57.6. The maximum atomic E-state index is 13.7. The van der Waals surface area contributed by atoms with E-state index in [1.54, 1.807) is 0 Å². The summed E-state index contributed by atoms with van der Waals surface area (Å²) in [6.45, 7) is 6.77. The molecule has 0 saturated heterocycles. The Balaban J connectivity index is 4.73. The average Bonchev–Trinajstić information content (AvgIpc) is 3.33. The van der Waals surface area contributed by atoms with Crippen molar-refractivity contribution in [1.29, 1.82) is 0 Å². The van der Waals surface area contributed by atoms with Crippen molar-refractivity contribution in [3.8, 4) is 0 Å². The first-order valence-electron chi connectivity index (χ1n) is 29.7. The van der Waals surface area contributed by atoms with Crippen LogP contribution in [0.25, 0.3) is 0 Å². The molecule has 0 aliphatic rings. The number of rotatable bonds is 55. The zero-order chi connectivity index (χ0) is 49.2. The van der Waals surface area contributed by atoms with Gasteiger partial charge in [0.2, 0.25) is 5.60 Å². The normalized spacial score (nSPS) is 13.8. The number of unbranched alkanes of at least 4 members (excludes halogenated alkanes) is 40. The lowest BCUT2D eigenvalue weighted by atomic mass is 9.79. The molecule has 0 heterocycles. The standard InChI is InChI=1S/C61H114O6/c1-4-7-10-13-16-19-22-25-28-29-30-31-34-37-40-43-46-49-52-55-58(64)61(67,57(63)54-51-48-45-42-39-36-33-27-24-21-18-15-12-9-6-3)60(66)59(65)56(62)53-50-47-44-41-38-35-32-26-23-20-17-14-11-8-5-2/h26-27,32-33,59-60,65-67H,4-25,28-31,34-55H2,1-3H3/b32-26-,33-27-. The van der Waals surface area contributed by atoms with Gasteiger partial charge in [0.25, 0.3) is 0 Å². The van der Waals surface area contributed by atoms with E-state index in [0.717, 1.165) is 96.3 Å². The fraction of sp³-hybridized carbons (Fsp3) is 0.885. The van der Waals surface area contributed by atoms with Gasteiger partial charge in [0, 0.05) is 19.3 Å². The summed E-state index contributed by atoms with van der Waals surface area (Å²) in [7, 11) is 0. The number of carbonyl (C=O) groups is 3. The smallest absolute Gasteiger partial charge is 0.210 e. The topological polar surface area (TPSA) is 112 Å². The Morgan fingerprint density at radius 3 is 0.791 bits per heavy atom. The molecule has 0 aliphatic heterocycles. The lowest BCUT2D eigenvalue weighted by molar-refractivity contribution is -0.174. The molecule has 0 spiro atoms. The molecule has 3 N–H and O–H groups in total. The first-order chi connectivity index (χ1) is 32.8. The van der Waals surface area contributed by atoms with Crippen LogP contribution in [0.3, 0.4) is 0 Å². The third-order valence-corrected chi connectivity index (χ3v) is 14.3. The van der Waals surface area contributed by atoms with Crippen LogP contribution in [0.2, 0.25) is 0 Å². The number of allylic oxidation sites excluding steroid dienone is 4. The van der Waals surface area contributed by atoms with Gasteiger partial charge < -0.3 is 15.3 Å². The molecule has 67 heavy (non-hydrogen) atoms. The Hall–Kier alpha value is -1.63. The van der Waals surface area contributed by atoms with Gasteiger partial charge in [0.15, 0.2) is 17.3 Å². The van der Waals surface area contributed by atoms with E-state index in [-0.39, 0.29) is 19.3 Å². The van der Waals surface area contributed by atoms with E-state index in [1.807, 2.05) is 0 Å². The van der Waals surface area contributed by atoms with Crippen LogP contribution in [0.15, 0.2) is 24.3 Å². The van der Waals surface area contributed by atoms with Crippen molar-refractivity contribution in [2.75, 3.05) is 0 Å². The summed E-state index contributed by atoms with van der Waals surface area (Å²) in [6, 6.07) is 0. The highest BCUT2D eigenvalue weighted by atomic mass is 16.4. The second-order valence-electron chi connectivity index (χ2n) is 20.8. The fourth-order valence-electron chi connectivity index (χ4n) is 9.51. The number of aliphatic hydroxyl groups is 3. The van der Waals surface area contributed by atoms with Gasteiger partial charge in [-0.1, -0.05) is 263 Å². The predicted octanol–water partition coefficient (Wildman–Crippen LogP) is 18.0. The number of Topliss-reactive ketones (excluding diaryl/α,β-unsaturated/α-hetero) is 3. The van der Waals surface area contributed by atoms with E-state index in [1.165, 1.54) is 173 Å². The summed E-state index contributed by atoms with van der Waals surface area (Å²) in [5.74, 6) is -2.15. The lowest BCUT2D eigenvalue weighted by Crippen LogP contribution is -2.61. The van der Waals surface area contributed by atoms with Gasteiger partial charge in [0.05, 0.1) is 0 Å². The van der Waals surface area contributed by atoms with Crippen LogP contribution in [0.4, 0.5) is 0 Å². The van der Waals surface area contributed by atoms with Gasteiger partial charge in [-0.25, -0.2) is 0 Å². The summed E-state index contributed by atoms with van der Waals surface area (Å²) in [5.41, 5.74) is -2.77. The van der Waals surface area contributed by atoms with Crippen molar-refractivity contribution in [3.63, 3.8) is 0 Å². The summed E-state index contributed by atoms with van der Waals surface area (Å²) < 4.78 is 0. The molecule has 6 heteroatoms. The average molecular weight is 944 g/mol. The molecule has 0 bridgehead atoms. The zero-order valence-corrected chi connectivity index (χ0v) is 45.0. The molecule has 0 radical (unpaired) electrons. The molecule has 0 fully saturated rings. The van der Waals surface area contributed by atoms with Crippen molar-refractivity contribution in [1.82, 2.24) is 0 Å². The van der Waals surface area contributed by atoms with Crippen molar-refractivity contribution in [3.05, 3.63) is 24.3 Å². The Bertz CT molecular complexity index is 1150. The van der Waals surface area contributed by atoms with Gasteiger partial charge >= 0.3 is 0 Å². The lowest BCUT2D eigenvalue weighted by Gasteiger charge is -2.32. The molecule has 6 nitrogen and oxygen atoms in total. The molecule has 394 valence electrons. The Kier molecular flexibility index (Phi) is 49.5. The molecular weight excluding hydrogens is 829 g/mol. The van der Waals surface area contributed by atoms with E-state index >= 15 is 0 Å². The number of hydrogen-bond donors (Lipinski definition) is 3. The monoisotopic (exact) mass is 943 g/mol. The van der Waals surface area contributed by atoms with E-state index in [2.05, 4.69) is 45.1 Å². The van der Waals surface area contributed by atoms with Crippen LogP contribution in [0, 0.1) is 0 Å². The van der Waals surface area contributed by atoms with Crippen molar-refractivity contribution in [2.24, 2.45) is 0 Å². The van der Waals surface area contributed by atoms with E-state index in [0.29, 0.717) is 19.3 Å². The molecule has 0 aromatic heterocycles. The SMILES string of the molecule is CCCCCCCC/C=C\CCCCCCCC(=O)C(O)C(O)C(O)(C(=O)CCCCCCC/C=C\CCCCCCCC)C(=O)CCCCCCCCCCCCCCCCCCCCC. The molecule has 0 amide bonds. The fourth-order valence-corrected chi connectivity index (χ4v) is 9.51. The van der Waals surface area contributed by atoms with Crippen LogP contribution in [-0.4, -0.2) is 50.5 Å². The Morgan fingerprint density at radius 2 is 0.537 bits per heavy atom. The summed E-state index contributed by atoms with van der Waals surface area (Å²) in [5, 5.41) is 34.0. The van der Waals surface area contributed by atoms with Crippen LogP contribution in [0.1, 0.15) is 329 Å². The third-order valence-electron chi connectivity index (χ3n) is 14.3. The minimum absolute atomic E-state index is 0.0440.